The summed E-state index contributed by atoms with van der Waals surface area (Å²) in [6.07, 6.45) is 5.29. The molecule has 10 heavy (non-hydrogen) atoms. The van der Waals surface area contributed by atoms with Crippen LogP contribution < -0.4 is 5.73 Å². The van der Waals surface area contributed by atoms with Gasteiger partial charge in [-0.3, -0.25) is 4.90 Å². The van der Waals surface area contributed by atoms with E-state index in [0.29, 0.717) is 6.04 Å². The third kappa shape index (κ3) is 0.956. The summed E-state index contributed by atoms with van der Waals surface area (Å²) < 4.78 is 0. The molecular weight excluding hydrogens is 124 g/mol. The Hall–Kier alpha value is -0.0800. The maximum atomic E-state index is 5.98. The van der Waals surface area contributed by atoms with E-state index in [9.17, 15) is 0 Å². The van der Waals surface area contributed by atoms with Crippen molar-refractivity contribution in [1.29, 1.82) is 0 Å². The molecule has 2 aliphatic heterocycles. The Morgan fingerprint density at radius 1 is 1.10 bits per heavy atom. The van der Waals surface area contributed by atoms with Gasteiger partial charge in [-0.25, -0.2) is 0 Å². The van der Waals surface area contributed by atoms with Crippen LogP contribution in [-0.2, 0) is 0 Å². The van der Waals surface area contributed by atoms with E-state index in [4.69, 9.17) is 5.73 Å². The molecule has 2 fully saturated rings. The first-order chi connectivity index (χ1) is 4.88. The molecule has 0 spiro atoms. The van der Waals surface area contributed by atoms with Gasteiger partial charge in [0.1, 0.15) is 0 Å². The minimum absolute atomic E-state index is 0.483. The van der Waals surface area contributed by atoms with Crippen LogP contribution in [0.3, 0.4) is 0 Å². The molecular formula is C8H16N2. The van der Waals surface area contributed by atoms with Gasteiger partial charge in [-0.1, -0.05) is 0 Å². The molecule has 2 aliphatic rings. The smallest absolute Gasteiger partial charge is 0.0247 e. The Bertz CT molecular complexity index is 124. The SMILES string of the molecule is N[C@@H]1CCCN2CCC[C@@H]12. The molecule has 0 aromatic rings. The second kappa shape index (κ2) is 2.51. The summed E-state index contributed by atoms with van der Waals surface area (Å²) >= 11 is 0. The predicted molar refractivity (Wildman–Crippen MR) is 41.8 cm³/mol. The van der Waals surface area contributed by atoms with Crippen molar-refractivity contribution in [2.45, 2.75) is 37.8 Å². The Labute approximate surface area is 62.4 Å². The maximum Gasteiger partial charge on any atom is 0.0247 e. The van der Waals surface area contributed by atoms with Crippen molar-refractivity contribution in [3.63, 3.8) is 0 Å². The first-order valence-corrected chi connectivity index (χ1v) is 4.37. The van der Waals surface area contributed by atoms with Gasteiger partial charge < -0.3 is 5.73 Å². The normalized spacial score (nSPS) is 41.7. The molecule has 0 bridgehead atoms. The van der Waals surface area contributed by atoms with E-state index in [0.717, 1.165) is 6.04 Å². The van der Waals surface area contributed by atoms with Crippen LogP contribution in [0.5, 0.6) is 0 Å². The Balaban J connectivity index is 2.03. The molecule has 0 unspecified atom stereocenters. The second-order valence-corrected chi connectivity index (χ2v) is 3.55. The number of hydrogen-bond donors (Lipinski definition) is 1. The number of fused-ring (bicyclic) bond motifs is 1. The zero-order valence-electron chi connectivity index (χ0n) is 6.42. The number of hydrogen-bond acceptors (Lipinski definition) is 2. The van der Waals surface area contributed by atoms with Gasteiger partial charge in [0.25, 0.3) is 0 Å². The number of nitrogens with two attached hydrogens (primary N) is 1. The fourth-order valence-corrected chi connectivity index (χ4v) is 2.34. The van der Waals surface area contributed by atoms with E-state index < -0.39 is 0 Å². The van der Waals surface area contributed by atoms with Crippen LogP contribution in [-0.4, -0.2) is 30.1 Å². The largest absolute Gasteiger partial charge is 0.326 e. The summed E-state index contributed by atoms with van der Waals surface area (Å²) in [6, 6.07) is 1.23. The molecule has 2 saturated heterocycles. The van der Waals surface area contributed by atoms with Crippen molar-refractivity contribution in [3.05, 3.63) is 0 Å². The molecule has 2 N–H and O–H groups in total. The molecule has 0 amide bonds. The lowest BCUT2D eigenvalue weighted by atomic mass is 9.98. The molecule has 2 atom stereocenters. The van der Waals surface area contributed by atoms with Crippen molar-refractivity contribution in [2.24, 2.45) is 5.73 Å². The molecule has 0 saturated carbocycles. The third-order valence-corrected chi connectivity index (χ3v) is 2.89. The lowest BCUT2D eigenvalue weighted by molar-refractivity contribution is 0.174. The third-order valence-electron chi connectivity index (χ3n) is 2.89. The van der Waals surface area contributed by atoms with E-state index in [1.165, 1.54) is 38.8 Å². The quantitative estimate of drug-likeness (QED) is 0.533. The summed E-state index contributed by atoms with van der Waals surface area (Å²) in [5.74, 6) is 0. The van der Waals surface area contributed by atoms with E-state index in [2.05, 4.69) is 4.90 Å². The van der Waals surface area contributed by atoms with Crippen LogP contribution in [0.25, 0.3) is 0 Å². The molecule has 0 radical (unpaired) electrons. The van der Waals surface area contributed by atoms with Crippen molar-refractivity contribution >= 4 is 0 Å². The van der Waals surface area contributed by atoms with Gasteiger partial charge in [-0.05, 0) is 38.8 Å². The molecule has 2 heteroatoms. The molecule has 58 valence electrons. The van der Waals surface area contributed by atoms with E-state index in [-0.39, 0.29) is 0 Å². The highest BCUT2D eigenvalue weighted by Crippen LogP contribution is 2.25. The highest BCUT2D eigenvalue weighted by Gasteiger charge is 2.31. The molecule has 2 nitrogen and oxygen atoms in total. The van der Waals surface area contributed by atoms with Crippen LogP contribution in [0.1, 0.15) is 25.7 Å². The average Bonchev–Trinajstić information content (AvgIpc) is 2.36. The van der Waals surface area contributed by atoms with Crippen LogP contribution in [0.15, 0.2) is 0 Å². The van der Waals surface area contributed by atoms with Gasteiger partial charge in [0, 0.05) is 12.1 Å². The highest BCUT2D eigenvalue weighted by molar-refractivity contribution is 4.90. The van der Waals surface area contributed by atoms with Crippen molar-refractivity contribution in [1.82, 2.24) is 4.90 Å². The minimum atomic E-state index is 0.483. The van der Waals surface area contributed by atoms with Gasteiger partial charge in [0.2, 0.25) is 0 Å². The average molecular weight is 140 g/mol. The minimum Gasteiger partial charge on any atom is -0.326 e. The lowest BCUT2D eigenvalue weighted by Gasteiger charge is -2.34. The van der Waals surface area contributed by atoms with Crippen molar-refractivity contribution in [3.8, 4) is 0 Å². The highest BCUT2D eigenvalue weighted by atomic mass is 15.2. The molecule has 0 aromatic heterocycles. The van der Waals surface area contributed by atoms with Gasteiger partial charge in [0.15, 0.2) is 0 Å². The summed E-state index contributed by atoms with van der Waals surface area (Å²) in [7, 11) is 0. The van der Waals surface area contributed by atoms with Crippen LogP contribution in [0.4, 0.5) is 0 Å². The summed E-state index contributed by atoms with van der Waals surface area (Å²) in [4.78, 5) is 2.56. The molecule has 0 aromatic carbocycles. The Kier molecular flexibility index (Phi) is 1.66. The Morgan fingerprint density at radius 3 is 2.50 bits per heavy atom. The summed E-state index contributed by atoms with van der Waals surface area (Å²) in [5.41, 5.74) is 5.98. The summed E-state index contributed by atoms with van der Waals surface area (Å²) in [5, 5.41) is 0. The first-order valence-electron chi connectivity index (χ1n) is 4.37. The fraction of sp³-hybridized carbons (Fsp3) is 1.00. The molecule has 2 heterocycles. The summed E-state index contributed by atoms with van der Waals surface area (Å²) in [6.45, 7) is 2.61. The van der Waals surface area contributed by atoms with E-state index in [1.807, 2.05) is 0 Å². The zero-order chi connectivity index (χ0) is 6.97. The van der Waals surface area contributed by atoms with Gasteiger partial charge in [-0.2, -0.15) is 0 Å². The Morgan fingerprint density at radius 2 is 1.80 bits per heavy atom. The maximum absolute atomic E-state index is 5.98. The topological polar surface area (TPSA) is 29.3 Å². The zero-order valence-corrected chi connectivity index (χ0v) is 6.42. The fourth-order valence-electron chi connectivity index (χ4n) is 2.34. The molecule has 2 rings (SSSR count). The second-order valence-electron chi connectivity index (χ2n) is 3.55. The first kappa shape index (κ1) is 6.62. The van der Waals surface area contributed by atoms with E-state index in [1.54, 1.807) is 0 Å². The number of rotatable bonds is 0. The van der Waals surface area contributed by atoms with Gasteiger partial charge in [-0.15, -0.1) is 0 Å². The number of nitrogens with zero attached hydrogens (tertiary/aromatic N) is 1. The van der Waals surface area contributed by atoms with Crippen LogP contribution in [0.2, 0.25) is 0 Å². The lowest BCUT2D eigenvalue weighted by Crippen LogP contribution is -2.48. The van der Waals surface area contributed by atoms with Crippen molar-refractivity contribution < 1.29 is 0 Å². The van der Waals surface area contributed by atoms with E-state index >= 15 is 0 Å². The van der Waals surface area contributed by atoms with Crippen LogP contribution in [0, 0.1) is 0 Å². The van der Waals surface area contributed by atoms with Gasteiger partial charge in [0.05, 0.1) is 0 Å². The van der Waals surface area contributed by atoms with Crippen molar-refractivity contribution in [2.75, 3.05) is 13.1 Å². The standard InChI is InChI=1S/C8H16N2/c9-7-3-1-5-10-6-2-4-8(7)10/h7-8H,1-6,9H2/t7-,8+/m1/s1. The van der Waals surface area contributed by atoms with Crippen LogP contribution >= 0.6 is 0 Å². The van der Waals surface area contributed by atoms with Gasteiger partial charge >= 0.3 is 0 Å². The molecule has 0 aliphatic carbocycles. The monoisotopic (exact) mass is 140 g/mol. The predicted octanol–water partition coefficient (Wildman–Crippen LogP) is 0.572. The number of piperidine rings is 1.